The zero-order valence-corrected chi connectivity index (χ0v) is 10.1. The fourth-order valence-electron chi connectivity index (χ4n) is 2.66. The van der Waals surface area contributed by atoms with Gasteiger partial charge in [0.05, 0.1) is 0 Å². The van der Waals surface area contributed by atoms with Crippen LogP contribution in [0.3, 0.4) is 0 Å². The second-order valence-electron chi connectivity index (χ2n) is 5.09. The van der Waals surface area contributed by atoms with Crippen molar-refractivity contribution in [2.45, 2.75) is 32.2 Å². The van der Waals surface area contributed by atoms with Crippen molar-refractivity contribution in [3.05, 3.63) is 0 Å². The van der Waals surface area contributed by atoms with Crippen LogP contribution in [0.5, 0.6) is 0 Å². The summed E-state index contributed by atoms with van der Waals surface area (Å²) in [4.78, 5) is 27.3. The summed E-state index contributed by atoms with van der Waals surface area (Å²) in [5.74, 6) is 0.283. The average Bonchev–Trinajstić information content (AvgIpc) is 2.62. The summed E-state index contributed by atoms with van der Waals surface area (Å²) >= 11 is 0. The molecular formula is C12H20N2O2. The maximum atomic E-state index is 11.8. The Bertz CT molecular complexity index is 295. The first kappa shape index (κ1) is 11.6. The van der Waals surface area contributed by atoms with E-state index in [0.717, 1.165) is 25.9 Å². The number of ketones is 1. The highest BCUT2D eigenvalue weighted by Gasteiger charge is 2.36. The number of nitrogens with zero attached hydrogens (tertiary/aromatic N) is 2. The molecule has 0 spiro atoms. The highest BCUT2D eigenvalue weighted by atomic mass is 16.2. The Balaban J connectivity index is 1.95. The second-order valence-corrected chi connectivity index (χ2v) is 5.09. The van der Waals surface area contributed by atoms with Crippen LogP contribution in [0.1, 0.15) is 26.2 Å². The summed E-state index contributed by atoms with van der Waals surface area (Å²) in [5, 5.41) is 0. The number of hydrogen-bond acceptors (Lipinski definition) is 3. The molecule has 2 rings (SSSR count). The van der Waals surface area contributed by atoms with Crippen molar-refractivity contribution >= 4 is 11.7 Å². The lowest BCUT2D eigenvalue weighted by Gasteiger charge is -2.35. The third-order valence-corrected chi connectivity index (χ3v) is 3.86. The van der Waals surface area contributed by atoms with Crippen LogP contribution in [0.25, 0.3) is 0 Å². The lowest BCUT2D eigenvalue weighted by Crippen LogP contribution is -2.44. The van der Waals surface area contributed by atoms with Gasteiger partial charge in [0.25, 0.3) is 0 Å². The number of hydrogen-bond donors (Lipinski definition) is 0. The Hall–Kier alpha value is -0.900. The van der Waals surface area contributed by atoms with Crippen LogP contribution >= 0.6 is 0 Å². The lowest BCUT2D eigenvalue weighted by molar-refractivity contribution is -0.130. The molecule has 2 fully saturated rings. The Labute approximate surface area is 96.6 Å². The second kappa shape index (κ2) is 4.53. The van der Waals surface area contributed by atoms with Crippen LogP contribution in [0.2, 0.25) is 0 Å². The standard InChI is InChI=1S/C12H20N2O2/c1-9(15)10-7-12(16)14(8-10)11-3-5-13(2)6-4-11/h10-11H,3-8H2,1-2H3. The Morgan fingerprint density at radius 1 is 1.31 bits per heavy atom. The molecule has 0 saturated carbocycles. The highest BCUT2D eigenvalue weighted by Crippen LogP contribution is 2.25. The summed E-state index contributed by atoms with van der Waals surface area (Å²) in [6.07, 6.45) is 2.53. The van der Waals surface area contributed by atoms with Crippen molar-refractivity contribution < 1.29 is 9.59 Å². The van der Waals surface area contributed by atoms with E-state index in [1.54, 1.807) is 6.92 Å². The molecule has 2 heterocycles. The number of carbonyl (C=O) groups is 2. The molecular weight excluding hydrogens is 204 g/mol. The predicted octanol–water partition coefficient (Wildman–Crippen LogP) is 0.518. The van der Waals surface area contributed by atoms with E-state index in [2.05, 4.69) is 11.9 Å². The molecule has 0 aliphatic carbocycles. The van der Waals surface area contributed by atoms with E-state index >= 15 is 0 Å². The Morgan fingerprint density at radius 3 is 2.44 bits per heavy atom. The Morgan fingerprint density at radius 2 is 1.94 bits per heavy atom. The van der Waals surface area contributed by atoms with Gasteiger partial charge in [-0.1, -0.05) is 0 Å². The number of amides is 1. The molecule has 1 amide bonds. The first-order valence-electron chi connectivity index (χ1n) is 6.06. The summed E-state index contributed by atoms with van der Waals surface area (Å²) in [6, 6.07) is 0.369. The smallest absolute Gasteiger partial charge is 0.223 e. The molecule has 16 heavy (non-hydrogen) atoms. The Kier molecular flexibility index (Phi) is 3.28. The number of likely N-dealkylation sites (tertiary alicyclic amines) is 2. The van der Waals surface area contributed by atoms with Crippen LogP contribution in [0.15, 0.2) is 0 Å². The van der Waals surface area contributed by atoms with E-state index in [4.69, 9.17) is 0 Å². The van der Waals surface area contributed by atoms with E-state index in [1.165, 1.54) is 0 Å². The third-order valence-electron chi connectivity index (χ3n) is 3.86. The van der Waals surface area contributed by atoms with E-state index in [-0.39, 0.29) is 17.6 Å². The zero-order chi connectivity index (χ0) is 11.7. The minimum Gasteiger partial charge on any atom is -0.339 e. The molecule has 0 bridgehead atoms. The summed E-state index contributed by atoms with van der Waals surface area (Å²) in [6.45, 7) is 4.36. The molecule has 0 aromatic rings. The molecule has 2 aliphatic heterocycles. The summed E-state index contributed by atoms with van der Waals surface area (Å²) in [7, 11) is 2.11. The number of carbonyl (C=O) groups excluding carboxylic acids is 2. The quantitative estimate of drug-likeness (QED) is 0.686. The van der Waals surface area contributed by atoms with Gasteiger partial charge in [-0.25, -0.2) is 0 Å². The van der Waals surface area contributed by atoms with Crippen molar-refractivity contribution in [3.8, 4) is 0 Å². The van der Waals surface area contributed by atoms with E-state index in [1.807, 2.05) is 4.90 Å². The van der Waals surface area contributed by atoms with Gasteiger partial charge in [0.15, 0.2) is 0 Å². The van der Waals surface area contributed by atoms with Gasteiger partial charge in [-0.3, -0.25) is 9.59 Å². The molecule has 0 N–H and O–H groups in total. The molecule has 4 nitrogen and oxygen atoms in total. The number of piperidine rings is 1. The van der Waals surface area contributed by atoms with Crippen molar-refractivity contribution in [1.29, 1.82) is 0 Å². The van der Waals surface area contributed by atoms with Crippen LogP contribution < -0.4 is 0 Å². The number of rotatable bonds is 2. The maximum Gasteiger partial charge on any atom is 0.223 e. The van der Waals surface area contributed by atoms with Gasteiger partial charge in [0.1, 0.15) is 5.78 Å². The SMILES string of the molecule is CC(=O)C1CC(=O)N(C2CCN(C)CC2)C1. The van der Waals surface area contributed by atoms with E-state index in [0.29, 0.717) is 19.0 Å². The lowest BCUT2D eigenvalue weighted by atomic mass is 10.0. The highest BCUT2D eigenvalue weighted by molar-refractivity contribution is 5.89. The molecule has 4 heteroatoms. The van der Waals surface area contributed by atoms with Gasteiger partial charge in [0.2, 0.25) is 5.91 Å². The van der Waals surface area contributed by atoms with Crippen molar-refractivity contribution in [1.82, 2.24) is 9.80 Å². The van der Waals surface area contributed by atoms with E-state index < -0.39 is 0 Å². The first-order chi connectivity index (χ1) is 7.58. The molecule has 0 aromatic carbocycles. The molecule has 1 atom stereocenters. The van der Waals surface area contributed by atoms with Crippen molar-refractivity contribution in [3.63, 3.8) is 0 Å². The van der Waals surface area contributed by atoms with Gasteiger partial charge in [0, 0.05) is 24.9 Å². The molecule has 90 valence electrons. The van der Waals surface area contributed by atoms with Crippen LogP contribution in [-0.4, -0.2) is 54.2 Å². The fraction of sp³-hybridized carbons (Fsp3) is 0.833. The first-order valence-corrected chi connectivity index (χ1v) is 6.06. The monoisotopic (exact) mass is 224 g/mol. The largest absolute Gasteiger partial charge is 0.339 e. The predicted molar refractivity (Wildman–Crippen MR) is 61.0 cm³/mol. The molecule has 2 aliphatic rings. The van der Waals surface area contributed by atoms with Gasteiger partial charge in [-0.05, 0) is 39.9 Å². The minimum atomic E-state index is -0.0489. The molecule has 1 unspecified atom stereocenters. The molecule has 2 saturated heterocycles. The van der Waals surface area contributed by atoms with Gasteiger partial charge >= 0.3 is 0 Å². The summed E-state index contributed by atoms with van der Waals surface area (Å²) < 4.78 is 0. The maximum absolute atomic E-state index is 11.8. The molecule has 0 aromatic heterocycles. The average molecular weight is 224 g/mol. The summed E-state index contributed by atoms with van der Waals surface area (Å²) in [5.41, 5.74) is 0. The van der Waals surface area contributed by atoms with Gasteiger partial charge in [-0.15, -0.1) is 0 Å². The van der Waals surface area contributed by atoms with Crippen molar-refractivity contribution in [2.75, 3.05) is 26.7 Å². The van der Waals surface area contributed by atoms with Crippen molar-refractivity contribution in [2.24, 2.45) is 5.92 Å². The minimum absolute atomic E-state index is 0.0489. The van der Waals surface area contributed by atoms with Crippen LogP contribution in [-0.2, 0) is 9.59 Å². The normalized spacial score (nSPS) is 28.8. The van der Waals surface area contributed by atoms with Crippen LogP contribution in [0, 0.1) is 5.92 Å². The third kappa shape index (κ3) is 2.26. The van der Waals surface area contributed by atoms with Crippen LogP contribution in [0.4, 0.5) is 0 Å². The molecule has 0 radical (unpaired) electrons. The number of Topliss-reactive ketones (excluding diaryl/α,β-unsaturated/α-hetero) is 1. The van der Waals surface area contributed by atoms with E-state index in [9.17, 15) is 9.59 Å². The fourth-order valence-corrected chi connectivity index (χ4v) is 2.66. The van der Waals surface area contributed by atoms with Gasteiger partial charge < -0.3 is 9.80 Å². The zero-order valence-electron chi connectivity index (χ0n) is 10.1. The topological polar surface area (TPSA) is 40.6 Å². The van der Waals surface area contributed by atoms with Gasteiger partial charge in [-0.2, -0.15) is 0 Å².